The Labute approximate surface area is 126 Å². The molecule has 1 atom stereocenters. The third kappa shape index (κ3) is 3.06. The number of nitrogens with one attached hydrogen (secondary N) is 1. The van der Waals surface area contributed by atoms with E-state index in [1.165, 1.54) is 12.1 Å². The van der Waals surface area contributed by atoms with Gasteiger partial charge in [0.05, 0.1) is 6.04 Å². The van der Waals surface area contributed by atoms with E-state index in [4.69, 9.17) is 11.6 Å². The molecular formula is C16H15ClF3N. The van der Waals surface area contributed by atoms with Crippen LogP contribution in [0, 0.1) is 31.3 Å². The van der Waals surface area contributed by atoms with Crippen molar-refractivity contribution in [2.24, 2.45) is 0 Å². The molecule has 2 rings (SSSR count). The summed E-state index contributed by atoms with van der Waals surface area (Å²) in [6.07, 6.45) is 0. The molecule has 0 aliphatic heterocycles. The quantitative estimate of drug-likeness (QED) is 0.867. The van der Waals surface area contributed by atoms with E-state index < -0.39 is 23.5 Å². The maximum atomic E-state index is 14.1. The average Bonchev–Trinajstić information content (AvgIpc) is 2.42. The highest BCUT2D eigenvalue weighted by Crippen LogP contribution is 2.32. The van der Waals surface area contributed by atoms with Crippen LogP contribution in [-0.2, 0) is 0 Å². The van der Waals surface area contributed by atoms with Crippen molar-refractivity contribution in [3.63, 3.8) is 0 Å². The van der Waals surface area contributed by atoms with Gasteiger partial charge in [0.15, 0.2) is 0 Å². The van der Waals surface area contributed by atoms with Gasteiger partial charge in [0, 0.05) is 16.7 Å². The maximum Gasteiger partial charge on any atom is 0.131 e. The predicted octanol–water partition coefficient (Wildman–Crippen LogP) is 4.68. The average molecular weight is 314 g/mol. The van der Waals surface area contributed by atoms with E-state index in [9.17, 15) is 13.2 Å². The highest BCUT2D eigenvalue weighted by Gasteiger charge is 2.21. The Morgan fingerprint density at radius 3 is 1.95 bits per heavy atom. The van der Waals surface area contributed by atoms with Crippen molar-refractivity contribution in [2.45, 2.75) is 19.9 Å². The van der Waals surface area contributed by atoms with Crippen molar-refractivity contribution in [3.8, 4) is 0 Å². The van der Waals surface area contributed by atoms with Crippen LogP contribution < -0.4 is 5.32 Å². The fraction of sp³-hybridized carbons (Fsp3) is 0.250. The molecule has 0 aromatic heterocycles. The molecule has 2 aromatic carbocycles. The molecule has 112 valence electrons. The predicted molar refractivity (Wildman–Crippen MR) is 78.1 cm³/mol. The van der Waals surface area contributed by atoms with E-state index in [2.05, 4.69) is 5.32 Å². The molecule has 0 aliphatic carbocycles. The van der Waals surface area contributed by atoms with Gasteiger partial charge in [-0.25, -0.2) is 13.2 Å². The van der Waals surface area contributed by atoms with E-state index >= 15 is 0 Å². The summed E-state index contributed by atoms with van der Waals surface area (Å²) in [7, 11) is 1.64. The summed E-state index contributed by atoms with van der Waals surface area (Å²) in [6, 6.07) is 4.46. The van der Waals surface area contributed by atoms with Gasteiger partial charge in [-0.3, -0.25) is 0 Å². The van der Waals surface area contributed by atoms with Crippen molar-refractivity contribution in [1.82, 2.24) is 5.32 Å². The lowest BCUT2D eigenvalue weighted by atomic mass is 9.95. The Bertz CT molecular complexity index is 628. The van der Waals surface area contributed by atoms with E-state index in [0.29, 0.717) is 16.7 Å². The van der Waals surface area contributed by atoms with Crippen molar-refractivity contribution >= 4 is 11.6 Å². The normalized spacial score (nSPS) is 12.5. The SMILES string of the molecule is CNC(c1cc(C)c(F)cc1F)c1cc(C)c(F)cc1Cl. The van der Waals surface area contributed by atoms with Gasteiger partial charge in [-0.15, -0.1) is 0 Å². The molecule has 0 aliphatic rings. The van der Waals surface area contributed by atoms with Crippen LogP contribution in [0.1, 0.15) is 28.3 Å². The molecule has 0 bridgehead atoms. The van der Waals surface area contributed by atoms with E-state index in [1.54, 1.807) is 27.0 Å². The molecule has 0 saturated heterocycles. The minimum atomic E-state index is -0.671. The van der Waals surface area contributed by atoms with Crippen molar-refractivity contribution in [2.75, 3.05) is 7.05 Å². The number of benzene rings is 2. The summed E-state index contributed by atoms with van der Waals surface area (Å²) in [6.45, 7) is 3.16. The van der Waals surface area contributed by atoms with Gasteiger partial charge in [0.1, 0.15) is 17.5 Å². The van der Waals surface area contributed by atoms with Crippen molar-refractivity contribution < 1.29 is 13.2 Å². The summed E-state index contributed by atoms with van der Waals surface area (Å²) in [5.41, 5.74) is 1.56. The van der Waals surface area contributed by atoms with Gasteiger partial charge in [0.2, 0.25) is 0 Å². The molecule has 2 aromatic rings. The second kappa shape index (κ2) is 6.08. The molecular weight excluding hydrogens is 299 g/mol. The molecule has 1 nitrogen and oxygen atoms in total. The fourth-order valence-electron chi connectivity index (χ4n) is 2.28. The number of aryl methyl sites for hydroxylation is 2. The minimum Gasteiger partial charge on any atom is -0.309 e. The lowest BCUT2D eigenvalue weighted by Gasteiger charge is -2.20. The topological polar surface area (TPSA) is 12.0 Å². The molecule has 5 heteroatoms. The van der Waals surface area contributed by atoms with Gasteiger partial charge >= 0.3 is 0 Å². The van der Waals surface area contributed by atoms with E-state index in [1.807, 2.05) is 0 Å². The Morgan fingerprint density at radius 2 is 1.38 bits per heavy atom. The van der Waals surface area contributed by atoms with Crippen molar-refractivity contribution in [3.05, 3.63) is 69.0 Å². The molecule has 21 heavy (non-hydrogen) atoms. The van der Waals surface area contributed by atoms with Gasteiger partial charge in [-0.05, 0) is 55.8 Å². The smallest absolute Gasteiger partial charge is 0.131 e. The summed E-state index contributed by atoms with van der Waals surface area (Å²) in [5.74, 6) is -1.70. The monoisotopic (exact) mass is 313 g/mol. The molecule has 0 saturated carbocycles. The first-order valence-corrected chi connectivity index (χ1v) is 6.81. The second-order valence-corrected chi connectivity index (χ2v) is 5.37. The Hall–Kier alpha value is -1.52. The first-order chi connectivity index (χ1) is 9.85. The Morgan fingerprint density at radius 1 is 0.857 bits per heavy atom. The summed E-state index contributed by atoms with van der Waals surface area (Å²) in [4.78, 5) is 0. The van der Waals surface area contributed by atoms with Crippen LogP contribution in [-0.4, -0.2) is 7.05 Å². The van der Waals surface area contributed by atoms with E-state index in [-0.39, 0.29) is 10.6 Å². The largest absolute Gasteiger partial charge is 0.309 e. The fourth-order valence-corrected chi connectivity index (χ4v) is 2.54. The molecule has 1 unspecified atom stereocenters. The number of hydrogen-bond donors (Lipinski definition) is 1. The molecule has 0 fully saturated rings. The molecule has 0 radical (unpaired) electrons. The summed E-state index contributed by atoms with van der Waals surface area (Å²) in [5, 5.41) is 3.13. The molecule has 1 N–H and O–H groups in total. The van der Waals surface area contributed by atoms with Crippen LogP contribution in [0.15, 0.2) is 24.3 Å². The van der Waals surface area contributed by atoms with E-state index in [0.717, 1.165) is 6.07 Å². The van der Waals surface area contributed by atoms with Gasteiger partial charge in [0.25, 0.3) is 0 Å². The number of halogens is 4. The third-order valence-electron chi connectivity index (χ3n) is 3.47. The lowest BCUT2D eigenvalue weighted by Crippen LogP contribution is -2.20. The highest BCUT2D eigenvalue weighted by molar-refractivity contribution is 6.31. The third-order valence-corrected chi connectivity index (χ3v) is 3.79. The summed E-state index contributed by atoms with van der Waals surface area (Å²) >= 11 is 6.07. The van der Waals surface area contributed by atoms with Crippen molar-refractivity contribution in [1.29, 1.82) is 0 Å². The van der Waals surface area contributed by atoms with Gasteiger partial charge in [-0.1, -0.05) is 11.6 Å². The highest BCUT2D eigenvalue weighted by atomic mass is 35.5. The zero-order chi connectivity index (χ0) is 15.7. The van der Waals surface area contributed by atoms with Crippen LogP contribution in [0.25, 0.3) is 0 Å². The Balaban J connectivity index is 2.60. The van der Waals surface area contributed by atoms with Gasteiger partial charge in [-0.2, -0.15) is 0 Å². The minimum absolute atomic E-state index is 0.193. The van der Waals surface area contributed by atoms with Crippen LogP contribution >= 0.6 is 11.6 Å². The molecule has 0 heterocycles. The zero-order valence-corrected chi connectivity index (χ0v) is 12.7. The number of rotatable bonds is 3. The van der Waals surface area contributed by atoms with Crippen LogP contribution in [0.5, 0.6) is 0 Å². The first kappa shape index (κ1) is 15.9. The van der Waals surface area contributed by atoms with Crippen LogP contribution in [0.4, 0.5) is 13.2 Å². The van der Waals surface area contributed by atoms with Crippen LogP contribution in [0.2, 0.25) is 5.02 Å². The molecule has 0 amide bonds. The Kier molecular flexibility index (Phi) is 4.59. The van der Waals surface area contributed by atoms with Crippen LogP contribution in [0.3, 0.4) is 0 Å². The zero-order valence-electron chi connectivity index (χ0n) is 11.9. The second-order valence-electron chi connectivity index (χ2n) is 4.97. The standard InChI is InChI=1S/C16H15ClF3N/c1-8-4-10(12(17)6-13(8)18)16(21-3)11-5-9(2)14(19)7-15(11)20/h4-7,16,21H,1-3H3. The maximum absolute atomic E-state index is 14.1. The first-order valence-electron chi connectivity index (χ1n) is 6.43. The summed E-state index contributed by atoms with van der Waals surface area (Å²) < 4.78 is 41.0. The number of hydrogen-bond acceptors (Lipinski definition) is 1. The lowest BCUT2D eigenvalue weighted by molar-refractivity contribution is 0.547. The van der Waals surface area contributed by atoms with Gasteiger partial charge < -0.3 is 5.32 Å². The molecule has 0 spiro atoms.